The molecule has 1 aromatic heterocycles. The summed E-state index contributed by atoms with van der Waals surface area (Å²) in [6, 6.07) is 13.2. The van der Waals surface area contributed by atoms with E-state index in [0.717, 1.165) is 22.8 Å². The summed E-state index contributed by atoms with van der Waals surface area (Å²) < 4.78 is 47.1. The van der Waals surface area contributed by atoms with Crippen LogP contribution in [-0.4, -0.2) is 60.5 Å². The van der Waals surface area contributed by atoms with Crippen LogP contribution >= 0.6 is 0 Å². The summed E-state index contributed by atoms with van der Waals surface area (Å²) in [4.78, 5) is 29.5. The SMILES string of the molecule is Cc1ccc(NC(=O)c2cc(OCCO)nc(OC(F)F)c2)cc1-c1ccc2c(c1)OC1(CCOCC1)CC(=O)N2. The van der Waals surface area contributed by atoms with Crippen LogP contribution in [-0.2, 0) is 9.53 Å². The minimum Gasteiger partial charge on any atom is -0.484 e. The lowest BCUT2D eigenvalue weighted by molar-refractivity contribution is -0.122. The highest BCUT2D eigenvalue weighted by molar-refractivity contribution is 6.05. The highest BCUT2D eigenvalue weighted by Crippen LogP contribution is 2.41. The summed E-state index contributed by atoms with van der Waals surface area (Å²) in [5, 5.41) is 14.7. The van der Waals surface area contributed by atoms with E-state index in [0.29, 0.717) is 43.2 Å². The minimum atomic E-state index is -3.15. The average molecular weight is 570 g/mol. The topological polar surface area (TPSA) is 128 Å². The van der Waals surface area contributed by atoms with Crippen LogP contribution in [0.15, 0.2) is 48.5 Å². The Balaban J connectivity index is 1.41. The third-order valence-corrected chi connectivity index (χ3v) is 6.87. The molecule has 0 atom stereocenters. The number of aromatic nitrogens is 1. The molecular formula is C29H29F2N3O7. The monoisotopic (exact) mass is 569 g/mol. The van der Waals surface area contributed by atoms with Gasteiger partial charge in [-0.25, -0.2) is 0 Å². The Morgan fingerprint density at radius 3 is 2.68 bits per heavy atom. The average Bonchev–Trinajstić information content (AvgIpc) is 3.07. The number of hydrogen-bond acceptors (Lipinski definition) is 8. The summed E-state index contributed by atoms with van der Waals surface area (Å²) in [6.07, 6.45) is 1.46. The van der Waals surface area contributed by atoms with Crippen molar-refractivity contribution in [3.05, 3.63) is 59.7 Å². The second kappa shape index (κ2) is 12.1. The number of nitrogens with one attached hydrogen (secondary N) is 2. The van der Waals surface area contributed by atoms with E-state index in [1.54, 1.807) is 18.2 Å². The van der Waals surface area contributed by atoms with E-state index in [4.69, 9.17) is 19.3 Å². The van der Waals surface area contributed by atoms with Crippen LogP contribution in [0.5, 0.6) is 17.5 Å². The zero-order valence-electron chi connectivity index (χ0n) is 22.2. The number of nitrogens with zero attached hydrogens (tertiary/aromatic N) is 1. The van der Waals surface area contributed by atoms with Crippen molar-refractivity contribution in [2.24, 2.45) is 0 Å². The van der Waals surface area contributed by atoms with Crippen molar-refractivity contribution >= 4 is 23.2 Å². The van der Waals surface area contributed by atoms with E-state index in [1.165, 1.54) is 6.07 Å². The first-order valence-corrected chi connectivity index (χ1v) is 13.1. The first-order chi connectivity index (χ1) is 19.7. The van der Waals surface area contributed by atoms with Crippen molar-refractivity contribution in [3.8, 4) is 28.6 Å². The predicted octanol–water partition coefficient (Wildman–Crippen LogP) is 4.55. The summed E-state index contributed by atoms with van der Waals surface area (Å²) in [7, 11) is 0. The highest BCUT2D eigenvalue weighted by Gasteiger charge is 2.40. The number of fused-ring (bicyclic) bond motifs is 1. The smallest absolute Gasteiger partial charge is 0.388 e. The van der Waals surface area contributed by atoms with Crippen LogP contribution in [0.2, 0.25) is 0 Å². The lowest BCUT2D eigenvalue weighted by atomic mass is 9.90. The molecule has 2 amide bonds. The van der Waals surface area contributed by atoms with Gasteiger partial charge in [-0.2, -0.15) is 13.8 Å². The Morgan fingerprint density at radius 1 is 1.15 bits per heavy atom. The van der Waals surface area contributed by atoms with Gasteiger partial charge in [-0.05, 0) is 47.9 Å². The summed E-state index contributed by atoms with van der Waals surface area (Å²) in [5.74, 6) is -0.800. The van der Waals surface area contributed by atoms with Crippen LogP contribution in [0, 0.1) is 6.92 Å². The molecule has 216 valence electrons. The number of amides is 2. The quantitative estimate of drug-likeness (QED) is 0.361. The van der Waals surface area contributed by atoms with Crippen molar-refractivity contribution in [2.45, 2.75) is 38.4 Å². The van der Waals surface area contributed by atoms with E-state index in [-0.39, 0.29) is 37.0 Å². The summed E-state index contributed by atoms with van der Waals surface area (Å²) >= 11 is 0. The molecule has 1 fully saturated rings. The molecule has 2 aromatic carbocycles. The number of anilines is 2. The van der Waals surface area contributed by atoms with Gasteiger partial charge in [0.1, 0.15) is 18.0 Å². The van der Waals surface area contributed by atoms with Gasteiger partial charge < -0.3 is 34.7 Å². The van der Waals surface area contributed by atoms with Gasteiger partial charge in [-0.15, -0.1) is 0 Å². The van der Waals surface area contributed by atoms with Gasteiger partial charge in [-0.3, -0.25) is 9.59 Å². The maximum atomic E-state index is 13.1. The van der Waals surface area contributed by atoms with Crippen LogP contribution < -0.4 is 24.8 Å². The molecule has 2 aliphatic heterocycles. The number of aryl methyl sites for hydroxylation is 1. The minimum absolute atomic E-state index is 0.0263. The van der Waals surface area contributed by atoms with Gasteiger partial charge in [0.25, 0.3) is 5.91 Å². The van der Waals surface area contributed by atoms with Gasteiger partial charge in [0.15, 0.2) is 0 Å². The Hall–Kier alpha value is -4.29. The molecule has 3 heterocycles. The Kier molecular flexibility index (Phi) is 8.31. The molecule has 41 heavy (non-hydrogen) atoms. The number of pyridine rings is 1. The standard InChI is InChI=1S/C29H29F2N3O7/c1-17-2-4-20(32-27(37)19-13-25(39-11-8-35)34-26(14-19)40-28(30)31)15-21(17)18-3-5-22-23(12-18)41-29(16-24(36)33-22)6-9-38-10-7-29/h2-5,12-15,28,35H,6-11,16H2,1H3,(H,32,37)(H,33,36). The maximum Gasteiger partial charge on any atom is 0.388 e. The fraction of sp³-hybridized carbons (Fsp3) is 0.345. The molecule has 5 rings (SSSR count). The van der Waals surface area contributed by atoms with Crippen LogP contribution in [0.3, 0.4) is 0 Å². The third kappa shape index (κ3) is 6.72. The lowest BCUT2D eigenvalue weighted by Crippen LogP contribution is -2.43. The molecule has 2 aliphatic rings. The van der Waals surface area contributed by atoms with E-state index in [2.05, 4.69) is 20.4 Å². The molecule has 1 spiro atoms. The molecule has 10 nitrogen and oxygen atoms in total. The number of carbonyl (C=O) groups excluding carboxylic acids is 2. The summed E-state index contributed by atoms with van der Waals surface area (Å²) in [6.45, 7) is -0.652. The van der Waals surface area contributed by atoms with Gasteiger partial charge in [0.05, 0.1) is 37.5 Å². The van der Waals surface area contributed by atoms with Crippen molar-refractivity contribution in [3.63, 3.8) is 0 Å². The second-order valence-electron chi connectivity index (χ2n) is 9.80. The molecule has 3 aromatic rings. The molecule has 12 heteroatoms. The van der Waals surface area contributed by atoms with Gasteiger partial charge >= 0.3 is 6.61 Å². The number of halogens is 2. The number of aliphatic hydroxyl groups is 1. The van der Waals surface area contributed by atoms with E-state index in [9.17, 15) is 18.4 Å². The fourth-order valence-electron chi connectivity index (χ4n) is 4.86. The van der Waals surface area contributed by atoms with Crippen molar-refractivity contribution < 1.29 is 42.4 Å². The van der Waals surface area contributed by atoms with E-state index < -0.39 is 24.0 Å². The molecule has 0 bridgehead atoms. The molecule has 0 unspecified atom stereocenters. The largest absolute Gasteiger partial charge is 0.484 e. The van der Waals surface area contributed by atoms with Gasteiger partial charge in [0.2, 0.25) is 17.7 Å². The fourth-order valence-corrected chi connectivity index (χ4v) is 4.86. The molecular weight excluding hydrogens is 540 g/mol. The number of ether oxygens (including phenoxy) is 4. The molecule has 1 saturated heterocycles. The maximum absolute atomic E-state index is 13.1. The Bertz CT molecular complexity index is 1440. The lowest BCUT2D eigenvalue weighted by Gasteiger charge is -2.35. The van der Waals surface area contributed by atoms with Crippen molar-refractivity contribution in [2.75, 3.05) is 37.1 Å². The van der Waals surface area contributed by atoms with Crippen molar-refractivity contribution in [1.82, 2.24) is 4.98 Å². The molecule has 0 radical (unpaired) electrons. The van der Waals surface area contributed by atoms with Gasteiger partial charge in [0, 0.05) is 30.7 Å². The number of hydrogen-bond donors (Lipinski definition) is 3. The number of alkyl halides is 2. The number of carbonyl (C=O) groups is 2. The highest BCUT2D eigenvalue weighted by atomic mass is 19.3. The number of rotatable bonds is 8. The zero-order chi connectivity index (χ0) is 29.0. The molecule has 3 N–H and O–H groups in total. The summed E-state index contributed by atoms with van der Waals surface area (Å²) in [5.41, 5.74) is 2.93. The first-order valence-electron chi connectivity index (χ1n) is 13.1. The Labute approximate surface area is 234 Å². The Morgan fingerprint density at radius 2 is 1.93 bits per heavy atom. The number of benzene rings is 2. The van der Waals surface area contributed by atoms with Crippen LogP contribution in [0.1, 0.15) is 35.2 Å². The number of aliphatic hydroxyl groups excluding tert-OH is 1. The zero-order valence-corrected chi connectivity index (χ0v) is 22.2. The third-order valence-electron chi connectivity index (χ3n) is 6.87. The van der Waals surface area contributed by atoms with E-state index in [1.807, 2.05) is 25.1 Å². The molecule has 0 saturated carbocycles. The normalized spacial score (nSPS) is 15.9. The second-order valence-corrected chi connectivity index (χ2v) is 9.80. The van der Waals surface area contributed by atoms with Crippen molar-refractivity contribution in [1.29, 1.82) is 0 Å². The van der Waals surface area contributed by atoms with E-state index >= 15 is 0 Å². The predicted molar refractivity (Wildman–Crippen MR) is 145 cm³/mol. The van der Waals surface area contributed by atoms with Gasteiger partial charge in [-0.1, -0.05) is 12.1 Å². The molecule has 0 aliphatic carbocycles. The van der Waals surface area contributed by atoms with Crippen LogP contribution in [0.4, 0.5) is 20.2 Å². The van der Waals surface area contributed by atoms with Crippen LogP contribution in [0.25, 0.3) is 11.1 Å². The first kappa shape index (κ1) is 28.2.